The Hall–Kier alpha value is -3.59. The number of carbonyl (C=O) groups excluding carboxylic acids is 2. The molecule has 33 heavy (non-hydrogen) atoms. The number of rotatable bonds is 7. The van der Waals surface area contributed by atoms with E-state index in [0.29, 0.717) is 28.7 Å². The summed E-state index contributed by atoms with van der Waals surface area (Å²) in [5, 5.41) is 5.55. The number of pyridine rings is 1. The number of esters is 1. The molecule has 0 saturated carbocycles. The lowest BCUT2D eigenvalue weighted by Crippen LogP contribution is -2.38. The molecule has 1 aromatic carbocycles. The van der Waals surface area contributed by atoms with E-state index in [4.69, 9.17) is 9.47 Å². The number of amides is 1. The van der Waals surface area contributed by atoms with E-state index >= 15 is 0 Å². The molecule has 0 fully saturated rings. The molecular formula is C24H24N4O4S. The molecule has 1 N–H and O–H groups in total. The van der Waals surface area contributed by atoms with Gasteiger partial charge in [0.1, 0.15) is 5.75 Å². The molecule has 170 valence electrons. The number of benzene rings is 1. The Morgan fingerprint density at radius 1 is 1.15 bits per heavy atom. The number of hydrogen-bond acceptors (Lipinski definition) is 8. The summed E-state index contributed by atoms with van der Waals surface area (Å²) in [6.07, 6.45) is 3.51. The van der Waals surface area contributed by atoms with Crippen LogP contribution >= 0.6 is 11.8 Å². The zero-order valence-electron chi connectivity index (χ0n) is 18.6. The van der Waals surface area contributed by atoms with Crippen molar-refractivity contribution in [2.45, 2.75) is 25.9 Å². The number of aliphatic imine (C=N–C) groups is 1. The van der Waals surface area contributed by atoms with Crippen molar-refractivity contribution in [1.82, 2.24) is 15.2 Å². The number of methoxy groups -OCH3 is 2. The second kappa shape index (κ2) is 9.91. The number of nitrogens with zero attached hydrogens (tertiary/aromatic N) is 3. The van der Waals surface area contributed by atoms with Crippen molar-refractivity contribution in [2.75, 3.05) is 14.2 Å². The van der Waals surface area contributed by atoms with Crippen molar-refractivity contribution in [2.24, 2.45) is 4.99 Å². The third-order valence-electron chi connectivity index (χ3n) is 5.42. The summed E-state index contributed by atoms with van der Waals surface area (Å²) < 4.78 is 10.7. The van der Waals surface area contributed by atoms with Gasteiger partial charge in [0.15, 0.2) is 5.17 Å². The zero-order valence-corrected chi connectivity index (χ0v) is 19.4. The second-order valence-corrected chi connectivity index (χ2v) is 8.27. The molecule has 2 aliphatic rings. The van der Waals surface area contributed by atoms with E-state index in [0.717, 1.165) is 16.8 Å². The minimum atomic E-state index is -0.532. The molecule has 0 spiro atoms. The summed E-state index contributed by atoms with van der Waals surface area (Å²) in [7, 11) is 2.94. The molecule has 2 aliphatic heterocycles. The van der Waals surface area contributed by atoms with E-state index in [-0.39, 0.29) is 12.3 Å². The number of ether oxygens (including phenoxy) is 2. The molecule has 0 saturated heterocycles. The predicted molar refractivity (Wildman–Crippen MR) is 126 cm³/mol. The molecule has 1 amide bonds. The Morgan fingerprint density at radius 3 is 2.64 bits per heavy atom. The number of carbonyl (C=O) groups is 2. The lowest BCUT2D eigenvalue weighted by atomic mass is 9.93. The van der Waals surface area contributed by atoms with E-state index in [1.807, 2.05) is 46.7 Å². The zero-order chi connectivity index (χ0) is 23.4. The number of amidine groups is 1. The molecule has 4 rings (SSSR count). The minimum Gasteiger partial charge on any atom is -0.496 e. The number of nitrogens with one attached hydrogen (secondary N) is 1. The van der Waals surface area contributed by atoms with E-state index in [1.165, 1.54) is 18.9 Å². The highest BCUT2D eigenvalue weighted by Crippen LogP contribution is 2.46. The quantitative estimate of drug-likeness (QED) is 0.627. The van der Waals surface area contributed by atoms with Crippen LogP contribution in [0.25, 0.3) is 0 Å². The lowest BCUT2D eigenvalue weighted by Gasteiger charge is -2.36. The molecule has 1 unspecified atom stereocenters. The Kier molecular flexibility index (Phi) is 6.79. The maximum Gasteiger partial charge on any atom is 0.338 e. The maximum atomic E-state index is 12.8. The van der Waals surface area contributed by atoms with E-state index in [9.17, 15) is 9.59 Å². The fourth-order valence-corrected chi connectivity index (χ4v) is 4.82. The Bertz CT molecular complexity index is 1160. The van der Waals surface area contributed by atoms with Crippen LogP contribution in [0, 0.1) is 0 Å². The van der Waals surface area contributed by atoms with Crippen molar-refractivity contribution in [3.63, 3.8) is 0 Å². The van der Waals surface area contributed by atoms with Crippen LogP contribution in [-0.4, -0.2) is 41.1 Å². The maximum absolute atomic E-state index is 12.8. The average molecular weight is 465 g/mol. The number of aromatic nitrogens is 1. The van der Waals surface area contributed by atoms with Crippen LogP contribution in [0.5, 0.6) is 5.75 Å². The van der Waals surface area contributed by atoms with E-state index < -0.39 is 12.0 Å². The predicted octanol–water partition coefficient (Wildman–Crippen LogP) is 3.54. The highest BCUT2D eigenvalue weighted by atomic mass is 32.2. The number of para-hydroxylation sites is 1. The Labute approximate surface area is 196 Å². The molecule has 2 aromatic rings. The van der Waals surface area contributed by atoms with Gasteiger partial charge in [-0.25, -0.2) is 9.79 Å². The van der Waals surface area contributed by atoms with Gasteiger partial charge in [-0.3, -0.25) is 9.78 Å². The first-order valence-electron chi connectivity index (χ1n) is 10.3. The van der Waals surface area contributed by atoms with Crippen molar-refractivity contribution < 1.29 is 19.1 Å². The van der Waals surface area contributed by atoms with Gasteiger partial charge in [0, 0.05) is 30.2 Å². The molecule has 0 radical (unpaired) electrons. The molecule has 0 bridgehead atoms. The summed E-state index contributed by atoms with van der Waals surface area (Å²) in [4.78, 5) is 36.1. The van der Waals surface area contributed by atoms with Crippen LogP contribution in [0.15, 0.2) is 76.2 Å². The Balaban J connectivity index is 1.64. The van der Waals surface area contributed by atoms with Gasteiger partial charge in [0.2, 0.25) is 5.91 Å². The highest BCUT2D eigenvalue weighted by Gasteiger charge is 2.42. The van der Waals surface area contributed by atoms with E-state index in [2.05, 4.69) is 15.3 Å². The summed E-state index contributed by atoms with van der Waals surface area (Å²) in [5.41, 5.74) is 3.49. The first-order valence-corrected chi connectivity index (χ1v) is 11.2. The lowest BCUT2D eigenvalue weighted by molar-refractivity contribution is -0.136. The van der Waals surface area contributed by atoms with Crippen molar-refractivity contribution in [3.05, 3.63) is 82.3 Å². The van der Waals surface area contributed by atoms with Crippen molar-refractivity contribution in [1.29, 1.82) is 0 Å². The van der Waals surface area contributed by atoms with Gasteiger partial charge in [-0.1, -0.05) is 30.0 Å². The summed E-state index contributed by atoms with van der Waals surface area (Å²) in [5.74, 6) is 0.0329. The van der Waals surface area contributed by atoms with Crippen LogP contribution in [0.2, 0.25) is 0 Å². The van der Waals surface area contributed by atoms with Gasteiger partial charge in [0.25, 0.3) is 0 Å². The monoisotopic (exact) mass is 464 g/mol. The largest absolute Gasteiger partial charge is 0.496 e. The standard InChI is InChI=1S/C24H24N4O4S/c1-15-21(23(30)32-3)22(18-6-4-5-7-19(18)31-2)28-17(14-33-24(28)27-15)12-20(29)26-13-16-8-10-25-11-9-16/h4-11,14,22H,12-13H2,1-3H3,(H,26,29). The molecule has 0 aliphatic carbocycles. The van der Waals surface area contributed by atoms with Crippen LogP contribution in [0.4, 0.5) is 0 Å². The fourth-order valence-electron chi connectivity index (χ4n) is 3.86. The van der Waals surface area contributed by atoms with Gasteiger partial charge in [-0.2, -0.15) is 0 Å². The number of fused-ring (bicyclic) bond motifs is 1. The smallest absolute Gasteiger partial charge is 0.338 e. The van der Waals surface area contributed by atoms with Crippen LogP contribution in [-0.2, 0) is 20.9 Å². The minimum absolute atomic E-state index is 0.135. The SMILES string of the molecule is COC(=O)C1=C(C)N=C2SC=C(CC(=O)NCc3ccncc3)N2C1c1ccccc1OC. The number of allylic oxidation sites excluding steroid dienone is 1. The highest BCUT2D eigenvalue weighted by molar-refractivity contribution is 8.16. The Morgan fingerprint density at radius 2 is 1.91 bits per heavy atom. The number of thioether (sulfide) groups is 1. The first-order chi connectivity index (χ1) is 16.0. The molecule has 1 aromatic heterocycles. The normalized spacial score (nSPS) is 17.2. The molecule has 9 heteroatoms. The van der Waals surface area contributed by atoms with E-state index in [1.54, 1.807) is 26.4 Å². The first kappa shape index (κ1) is 22.6. The third kappa shape index (κ3) is 4.63. The molecular weight excluding hydrogens is 440 g/mol. The fraction of sp³-hybridized carbons (Fsp3) is 0.250. The van der Waals surface area contributed by atoms with Gasteiger partial charge >= 0.3 is 5.97 Å². The van der Waals surface area contributed by atoms with Crippen LogP contribution in [0.3, 0.4) is 0 Å². The van der Waals surface area contributed by atoms with Gasteiger partial charge in [-0.05, 0) is 36.1 Å². The summed E-state index contributed by atoms with van der Waals surface area (Å²) in [6, 6.07) is 10.7. The molecule has 3 heterocycles. The van der Waals surface area contributed by atoms with Crippen LogP contribution in [0.1, 0.15) is 30.5 Å². The third-order valence-corrected chi connectivity index (χ3v) is 6.31. The summed E-state index contributed by atoms with van der Waals surface area (Å²) in [6.45, 7) is 2.20. The molecule has 1 atom stereocenters. The second-order valence-electron chi connectivity index (χ2n) is 7.44. The van der Waals surface area contributed by atoms with Gasteiger partial charge in [0.05, 0.1) is 38.0 Å². The van der Waals surface area contributed by atoms with Gasteiger partial charge in [-0.15, -0.1) is 0 Å². The average Bonchev–Trinajstić information content (AvgIpc) is 3.23. The topological polar surface area (TPSA) is 93.1 Å². The molecule has 8 nitrogen and oxygen atoms in total. The summed E-state index contributed by atoms with van der Waals surface area (Å²) >= 11 is 1.43. The number of hydrogen-bond donors (Lipinski definition) is 1. The van der Waals surface area contributed by atoms with Crippen molar-refractivity contribution >= 4 is 28.8 Å². The van der Waals surface area contributed by atoms with Gasteiger partial charge < -0.3 is 19.7 Å². The van der Waals surface area contributed by atoms with Crippen LogP contribution < -0.4 is 10.1 Å². The van der Waals surface area contributed by atoms with Crippen molar-refractivity contribution in [3.8, 4) is 5.75 Å².